The molecule has 3 rings (SSSR count). The molecule has 1 aliphatic carbocycles. The number of hydrogen-bond donors (Lipinski definition) is 2. The number of halogens is 2. The van der Waals surface area contributed by atoms with E-state index in [9.17, 15) is 15.2 Å². The molecule has 2 aromatic carbocycles. The third kappa shape index (κ3) is 4.80. The Hall–Kier alpha value is -2.78. The van der Waals surface area contributed by atoms with Gasteiger partial charge in [-0.05, 0) is 54.0 Å². The minimum atomic E-state index is -1.25. The first-order valence-corrected chi connectivity index (χ1v) is 9.68. The zero-order chi connectivity index (χ0) is 21.3. The molecule has 1 aliphatic rings. The van der Waals surface area contributed by atoms with Gasteiger partial charge in [-0.1, -0.05) is 38.4 Å². The van der Waals surface area contributed by atoms with E-state index in [1.807, 2.05) is 6.07 Å². The monoisotopic (exact) mass is 416 g/mol. The third-order valence-electron chi connectivity index (χ3n) is 4.85. The summed E-state index contributed by atoms with van der Waals surface area (Å²) in [4.78, 5) is 11.2. The van der Waals surface area contributed by atoms with Crippen LogP contribution in [0.3, 0.4) is 0 Å². The van der Waals surface area contributed by atoms with Crippen molar-refractivity contribution < 1.29 is 19.0 Å². The molecular formula is C22H22ClFN2O3. The van der Waals surface area contributed by atoms with Crippen molar-refractivity contribution in [1.82, 2.24) is 5.32 Å². The van der Waals surface area contributed by atoms with Gasteiger partial charge in [-0.2, -0.15) is 5.26 Å². The molecule has 152 valence electrons. The summed E-state index contributed by atoms with van der Waals surface area (Å²) in [6, 6.07) is 9.35. The number of nitriles is 1. The van der Waals surface area contributed by atoms with Crippen LogP contribution >= 0.6 is 11.6 Å². The number of carbonyl (C=O) groups is 1. The van der Waals surface area contributed by atoms with Gasteiger partial charge in [0.1, 0.15) is 5.75 Å². The molecule has 1 unspecified atom stereocenters. The summed E-state index contributed by atoms with van der Waals surface area (Å²) in [5.41, 5.74) is 0.951. The number of benzene rings is 2. The Kier molecular flexibility index (Phi) is 5.72. The summed E-state index contributed by atoms with van der Waals surface area (Å²) in [6.45, 7) is 5.42. The first-order valence-electron chi connectivity index (χ1n) is 9.30. The molecule has 0 aliphatic heterocycles. The zero-order valence-electron chi connectivity index (χ0n) is 16.4. The Bertz CT molecular complexity index is 991. The number of amides is 1. The van der Waals surface area contributed by atoms with E-state index < -0.39 is 23.4 Å². The lowest BCUT2D eigenvalue weighted by Crippen LogP contribution is -2.36. The molecule has 7 heteroatoms. The lowest BCUT2D eigenvalue weighted by molar-refractivity contribution is 0.174. The predicted octanol–water partition coefficient (Wildman–Crippen LogP) is 6.38. The highest BCUT2D eigenvalue weighted by molar-refractivity contribution is 6.32. The van der Waals surface area contributed by atoms with Crippen LogP contribution in [-0.4, -0.2) is 11.2 Å². The molecule has 1 atom stereocenters. The number of rotatable bonds is 5. The number of carboxylic acid groups (broad SMARTS) is 1. The molecule has 0 aromatic heterocycles. The number of ether oxygens (including phenoxy) is 1. The van der Waals surface area contributed by atoms with Gasteiger partial charge in [0.25, 0.3) is 0 Å². The first-order chi connectivity index (χ1) is 13.6. The van der Waals surface area contributed by atoms with Crippen LogP contribution in [0.2, 0.25) is 5.02 Å². The van der Waals surface area contributed by atoms with Crippen molar-refractivity contribution in [3.8, 4) is 17.6 Å². The second kappa shape index (κ2) is 7.92. The number of nitrogens with zero attached hydrogens (tertiary/aromatic N) is 1. The standard InChI is InChI=1S/C22H22ClFN2O3/c1-22(2,3)20(26-21(27)28)16-6-7-17(23)19(18(16)24)29-15-9-12(11-25)8-14(10-15)13-4-5-13/h6-10,13,20,26H,4-5H2,1-3H3,(H,27,28). The second-order valence-electron chi connectivity index (χ2n) is 8.31. The highest BCUT2D eigenvalue weighted by Crippen LogP contribution is 2.44. The fourth-order valence-electron chi connectivity index (χ4n) is 3.26. The van der Waals surface area contributed by atoms with Crippen molar-refractivity contribution in [3.05, 3.63) is 57.9 Å². The van der Waals surface area contributed by atoms with Crippen LogP contribution in [0.25, 0.3) is 0 Å². The molecule has 0 bridgehead atoms. The van der Waals surface area contributed by atoms with Gasteiger partial charge >= 0.3 is 6.09 Å². The van der Waals surface area contributed by atoms with Crippen LogP contribution in [0, 0.1) is 22.6 Å². The fourth-order valence-corrected chi connectivity index (χ4v) is 3.45. The molecule has 2 aromatic rings. The highest BCUT2D eigenvalue weighted by Gasteiger charge is 2.32. The average Bonchev–Trinajstić information content (AvgIpc) is 3.48. The molecule has 1 fully saturated rings. The van der Waals surface area contributed by atoms with Crippen molar-refractivity contribution in [2.24, 2.45) is 5.41 Å². The molecule has 1 saturated carbocycles. The summed E-state index contributed by atoms with van der Waals surface area (Å²) in [5.74, 6) is -0.214. The minimum Gasteiger partial charge on any atom is -0.465 e. The van der Waals surface area contributed by atoms with Crippen molar-refractivity contribution in [3.63, 3.8) is 0 Å². The van der Waals surface area contributed by atoms with E-state index >= 15 is 4.39 Å². The Morgan fingerprint density at radius 2 is 2.03 bits per heavy atom. The number of nitrogens with one attached hydrogen (secondary N) is 1. The molecule has 1 amide bonds. The zero-order valence-corrected chi connectivity index (χ0v) is 17.2. The lowest BCUT2D eigenvalue weighted by Gasteiger charge is -2.31. The Morgan fingerprint density at radius 1 is 1.34 bits per heavy atom. The van der Waals surface area contributed by atoms with Crippen LogP contribution in [0.1, 0.15) is 62.3 Å². The second-order valence-corrected chi connectivity index (χ2v) is 8.71. The summed E-state index contributed by atoms with van der Waals surface area (Å²) in [7, 11) is 0. The van der Waals surface area contributed by atoms with Gasteiger partial charge in [-0.3, -0.25) is 0 Å². The van der Waals surface area contributed by atoms with E-state index in [2.05, 4.69) is 11.4 Å². The maximum absolute atomic E-state index is 15.4. The van der Waals surface area contributed by atoms with E-state index in [0.29, 0.717) is 17.2 Å². The van der Waals surface area contributed by atoms with E-state index in [0.717, 1.165) is 18.4 Å². The normalized spacial score (nSPS) is 14.8. The van der Waals surface area contributed by atoms with E-state index in [-0.39, 0.29) is 16.3 Å². The SMILES string of the molecule is CC(C)(C)C(NC(=O)O)c1ccc(Cl)c(Oc2cc(C#N)cc(C3CC3)c2)c1F. The van der Waals surface area contributed by atoms with E-state index in [4.69, 9.17) is 16.3 Å². The van der Waals surface area contributed by atoms with Crippen LogP contribution in [-0.2, 0) is 0 Å². The van der Waals surface area contributed by atoms with Gasteiger partial charge in [0.15, 0.2) is 11.6 Å². The summed E-state index contributed by atoms with van der Waals surface area (Å²) in [6.07, 6.45) is 0.845. The van der Waals surface area contributed by atoms with Crippen LogP contribution < -0.4 is 10.1 Å². The van der Waals surface area contributed by atoms with Crippen molar-refractivity contribution in [1.29, 1.82) is 5.26 Å². The molecule has 0 spiro atoms. The Labute approximate surface area is 174 Å². The van der Waals surface area contributed by atoms with Crippen LogP contribution in [0.4, 0.5) is 9.18 Å². The summed E-state index contributed by atoms with van der Waals surface area (Å²) < 4.78 is 21.2. The molecule has 29 heavy (non-hydrogen) atoms. The highest BCUT2D eigenvalue weighted by atomic mass is 35.5. The largest absolute Gasteiger partial charge is 0.465 e. The quantitative estimate of drug-likeness (QED) is 0.592. The molecule has 0 radical (unpaired) electrons. The van der Waals surface area contributed by atoms with Gasteiger partial charge in [0.05, 0.1) is 22.7 Å². The Morgan fingerprint density at radius 3 is 2.59 bits per heavy atom. The van der Waals surface area contributed by atoms with E-state index in [1.165, 1.54) is 18.2 Å². The van der Waals surface area contributed by atoms with Crippen molar-refractivity contribution in [2.75, 3.05) is 0 Å². The molecule has 0 heterocycles. The third-order valence-corrected chi connectivity index (χ3v) is 5.15. The lowest BCUT2D eigenvalue weighted by atomic mass is 9.82. The maximum Gasteiger partial charge on any atom is 0.405 e. The molecule has 5 nitrogen and oxygen atoms in total. The van der Waals surface area contributed by atoms with Crippen molar-refractivity contribution in [2.45, 2.75) is 45.6 Å². The summed E-state index contributed by atoms with van der Waals surface area (Å²) >= 11 is 6.20. The molecule has 2 N–H and O–H groups in total. The van der Waals surface area contributed by atoms with E-state index in [1.54, 1.807) is 26.8 Å². The van der Waals surface area contributed by atoms with Gasteiger partial charge < -0.3 is 15.2 Å². The Balaban J connectivity index is 2.03. The molecular weight excluding hydrogens is 395 g/mol. The van der Waals surface area contributed by atoms with Crippen LogP contribution in [0.15, 0.2) is 30.3 Å². The predicted molar refractivity (Wildman–Crippen MR) is 108 cm³/mol. The number of hydrogen-bond acceptors (Lipinski definition) is 3. The minimum absolute atomic E-state index is 0.0598. The average molecular weight is 417 g/mol. The summed E-state index contributed by atoms with van der Waals surface area (Å²) in [5, 5.41) is 20.9. The van der Waals surface area contributed by atoms with Crippen molar-refractivity contribution >= 4 is 17.7 Å². The molecule has 0 saturated heterocycles. The topological polar surface area (TPSA) is 82.3 Å². The maximum atomic E-state index is 15.4. The smallest absolute Gasteiger partial charge is 0.405 e. The van der Waals surface area contributed by atoms with Gasteiger partial charge in [-0.25, -0.2) is 9.18 Å². The fraction of sp³-hybridized carbons (Fsp3) is 0.364. The van der Waals surface area contributed by atoms with Crippen LogP contribution in [0.5, 0.6) is 11.5 Å². The van der Waals surface area contributed by atoms with Gasteiger partial charge in [0, 0.05) is 5.56 Å². The first kappa shape index (κ1) is 20.9. The van der Waals surface area contributed by atoms with Gasteiger partial charge in [0.2, 0.25) is 0 Å². The van der Waals surface area contributed by atoms with Gasteiger partial charge in [-0.15, -0.1) is 0 Å².